The van der Waals surface area contributed by atoms with E-state index in [2.05, 4.69) is 15.3 Å². The third-order valence-electron chi connectivity index (χ3n) is 2.38. The van der Waals surface area contributed by atoms with Crippen molar-refractivity contribution in [2.75, 3.05) is 23.9 Å². The summed E-state index contributed by atoms with van der Waals surface area (Å²) in [5.41, 5.74) is 6.34. The number of nitrogens with zero attached hydrogens (tertiary/aromatic N) is 2. The SMILES string of the molecule is COc1cccc(NC(=O)CSc2nccnc2N)c1. The van der Waals surface area contributed by atoms with E-state index in [1.165, 1.54) is 18.0 Å². The summed E-state index contributed by atoms with van der Waals surface area (Å²) < 4.78 is 5.09. The molecule has 0 bridgehead atoms. The average Bonchev–Trinajstić information content (AvgIpc) is 2.46. The van der Waals surface area contributed by atoms with Crippen LogP contribution in [0, 0.1) is 0 Å². The number of carbonyl (C=O) groups is 1. The number of ether oxygens (including phenoxy) is 1. The van der Waals surface area contributed by atoms with Crippen molar-refractivity contribution in [1.29, 1.82) is 0 Å². The van der Waals surface area contributed by atoms with Crippen LogP contribution in [0.2, 0.25) is 0 Å². The molecule has 0 saturated heterocycles. The van der Waals surface area contributed by atoms with Crippen LogP contribution in [0.5, 0.6) is 5.75 Å². The van der Waals surface area contributed by atoms with Gasteiger partial charge in [0.15, 0.2) is 5.82 Å². The van der Waals surface area contributed by atoms with Gasteiger partial charge in [0.05, 0.1) is 12.9 Å². The molecule has 0 atom stereocenters. The summed E-state index contributed by atoms with van der Waals surface area (Å²) in [6.45, 7) is 0. The van der Waals surface area contributed by atoms with E-state index in [4.69, 9.17) is 10.5 Å². The molecule has 2 rings (SSSR count). The molecule has 0 aliphatic heterocycles. The number of nitrogens with one attached hydrogen (secondary N) is 1. The first kappa shape index (κ1) is 14.1. The lowest BCUT2D eigenvalue weighted by Crippen LogP contribution is -2.14. The Morgan fingerprint density at radius 1 is 1.40 bits per heavy atom. The number of benzene rings is 1. The van der Waals surface area contributed by atoms with Gasteiger partial charge in [-0.1, -0.05) is 17.8 Å². The molecule has 0 saturated carbocycles. The summed E-state index contributed by atoms with van der Waals surface area (Å²) in [6.07, 6.45) is 3.05. The molecule has 1 aromatic heterocycles. The molecule has 0 unspecified atom stereocenters. The highest BCUT2D eigenvalue weighted by atomic mass is 32.2. The van der Waals surface area contributed by atoms with Crippen molar-refractivity contribution in [1.82, 2.24) is 9.97 Å². The summed E-state index contributed by atoms with van der Waals surface area (Å²) >= 11 is 1.24. The van der Waals surface area contributed by atoms with Gasteiger partial charge in [0.2, 0.25) is 5.91 Å². The molecule has 6 nitrogen and oxygen atoms in total. The first-order valence-corrected chi connectivity index (χ1v) is 6.81. The van der Waals surface area contributed by atoms with E-state index in [1.807, 2.05) is 12.1 Å². The van der Waals surface area contributed by atoms with Gasteiger partial charge in [-0.25, -0.2) is 9.97 Å². The van der Waals surface area contributed by atoms with Crippen molar-refractivity contribution in [3.63, 3.8) is 0 Å². The maximum absolute atomic E-state index is 11.8. The van der Waals surface area contributed by atoms with Gasteiger partial charge in [-0.2, -0.15) is 0 Å². The molecule has 0 radical (unpaired) electrons. The van der Waals surface area contributed by atoms with E-state index in [1.54, 1.807) is 25.4 Å². The highest BCUT2D eigenvalue weighted by Crippen LogP contribution is 2.21. The maximum Gasteiger partial charge on any atom is 0.234 e. The lowest BCUT2D eigenvalue weighted by Gasteiger charge is -2.07. The minimum absolute atomic E-state index is 0.145. The van der Waals surface area contributed by atoms with Gasteiger partial charge < -0.3 is 15.8 Å². The maximum atomic E-state index is 11.8. The van der Waals surface area contributed by atoms with Crippen molar-refractivity contribution < 1.29 is 9.53 Å². The molecule has 2 aromatic rings. The topological polar surface area (TPSA) is 90.1 Å². The van der Waals surface area contributed by atoms with Gasteiger partial charge in [0.25, 0.3) is 0 Å². The van der Waals surface area contributed by atoms with E-state index in [-0.39, 0.29) is 11.7 Å². The van der Waals surface area contributed by atoms with Crippen molar-refractivity contribution in [3.05, 3.63) is 36.7 Å². The number of aromatic nitrogens is 2. The Kier molecular flexibility index (Phi) is 4.78. The van der Waals surface area contributed by atoms with Crippen molar-refractivity contribution >= 4 is 29.2 Å². The largest absolute Gasteiger partial charge is 0.497 e. The van der Waals surface area contributed by atoms with Crippen LogP contribution in [0.4, 0.5) is 11.5 Å². The van der Waals surface area contributed by atoms with Crippen molar-refractivity contribution in [2.24, 2.45) is 0 Å². The van der Waals surface area contributed by atoms with E-state index < -0.39 is 0 Å². The normalized spacial score (nSPS) is 10.1. The summed E-state index contributed by atoms with van der Waals surface area (Å²) in [7, 11) is 1.58. The average molecular weight is 290 g/mol. The molecular formula is C13H14N4O2S. The highest BCUT2D eigenvalue weighted by Gasteiger charge is 2.07. The second-order valence-electron chi connectivity index (χ2n) is 3.82. The van der Waals surface area contributed by atoms with Crippen LogP contribution in [0.1, 0.15) is 0 Å². The third kappa shape index (κ3) is 3.86. The molecule has 1 heterocycles. The zero-order valence-electron chi connectivity index (χ0n) is 10.9. The summed E-state index contributed by atoms with van der Waals surface area (Å²) in [6, 6.07) is 7.16. The lowest BCUT2D eigenvalue weighted by atomic mass is 10.3. The van der Waals surface area contributed by atoms with E-state index in [0.29, 0.717) is 22.3 Å². The number of methoxy groups -OCH3 is 1. The second kappa shape index (κ2) is 6.76. The van der Waals surface area contributed by atoms with Gasteiger partial charge in [-0.3, -0.25) is 4.79 Å². The number of amides is 1. The Balaban J connectivity index is 1.91. The fourth-order valence-corrected chi connectivity index (χ4v) is 2.15. The van der Waals surface area contributed by atoms with E-state index in [9.17, 15) is 4.79 Å². The van der Waals surface area contributed by atoms with Crippen LogP contribution >= 0.6 is 11.8 Å². The molecule has 7 heteroatoms. The molecule has 1 aromatic carbocycles. The van der Waals surface area contributed by atoms with Crippen LogP contribution in [0.3, 0.4) is 0 Å². The minimum Gasteiger partial charge on any atom is -0.497 e. The van der Waals surface area contributed by atoms with Crippen molar-refractivity contribution in [2.45, 2.75) is 5.03 Å². The molecule has 3 N–H and O–H groups in total. The first-order valence-electron chi connectivity index (χ1n) is 5.82. The third-order valence-corrected chi connectivity index (χ3v) is 3.38. The monoisotopic (exact) mass is 290 g/mol. The molecule has 0 spiro atoms. The lowest BCUT2D eigenvalue weighted by molar-refractivity contribution is -0.113. The number of hydrogen-bond donors (Lipinski definition) is 2. The molecule has 1 amide bonds. The predicted octanol–water partition coefficient (Wildman–Crippen LogP) is 1.80. The van der Waals surface area contributed by atoms with Crippen LogP contribution in [0.15, 0.2) is 41.7 Å². The van der Waals surface area contributed by atoms with Gasteiger partial charge in [-0.15, -0.1) is 0 Å². The highest BCUT2D eigenvalue weighted by molar-refractivity contribution is 8.00. The number of anilines is 2. The smallest absolute Gasteiger partial charge is 0.234 e. The number of nitrogens with two attached hydrogens (primary N) is 1. The quantitative estimate of drug-likeness (QED) is 0.816. The molecule has 20 heavy (non-hydrogen) atoms. The molecule has 0 aliphatic rings. The molecular weight excluding hydrogens is 276 g/mol. The van der Waals surface area contributed by atoms with Gasteiger partial charge >= 0.3 is 0 Å². The standard InChI is InChI=1S/C13H14N4O2S/c1-19-10-4-2-3-9(7-10)17-11(18)8-20-13-12(14)15-5-6-16-13/h2-7H,8H2,1H3,(H2,14,15)(H,17,18). The Labute approximate surface area is 120 Å². The number of nitrogen functional groups attached to an aromatic ring is 1. The Morgan fingerprint density at radius 3 is 2.95 bits per heavy atom. The van der Waals surface area contributed by atoms with Gasteiger partial charge in [0, 0.05) is 24.1 Å². The van der Waals surface area contributed by atoms with Crippen LogP contribution in [-0.4, -0.2) is 28.7 Å². The predicted molar refractivity (Wildman–Crippen MR) is 78.8 cm³/mol. The Bertz CT molecular complexity index is 606. The van der Waals surface area contributed by atoms with Crippen LogP contribution < -0.4 is 15.8 Å². The number of carbonyl (C=O) groups excluding carboxylic acids is 1. The number of thioether (sulfide) groups is 1. The van der Waals surface area contributed by atoms with Gasteiger partial charge in [0.1, 0.15) is 10.8 Å². The van der Waals surface area contributed by atoms with Crippen LogP contribution in [0.25, 0.3) is 0 Å². The summed E-state index contributed by atoms with van der Waals surface area (Å²) in [5, 5.41) is 3.33. The molecule has 0 fully saturated rings. The summed E-state index contributed by atoms with van der Waals surface area (Å²) in [4.78, 5) is 19.8. The fraction of sp³-hybridized carbons (Fsp3) is 0.154. The van der Waals surface area contributed by atoms with Gasteiger partial charge in [-0.05, 0) is 12.1 Å². The van der Waals surface area contributed by atoms with Crippen LogP contribution in [-0.2, 0) is 4.79 Å². The number of rotatable bonds is 5. The van der Waals surface area contributed by atoms with E-state index >= 15 is 0 Å². The zero-order chi connectivity index (χ0) is 14.4. The van der Waals surface area contributed by atoms with E-state index in [0.717, 1.165) is 0 Å². The first-order chi connectivity index (χ1) is 9.69. The van der Waals surface area contributed by atoms with Crippen molar-refractivity contribution in [3.8, 4) is 5.75 Å². The summed E-state index contributed by atoms with van der Waals surface area (Å²) in [5.74, 6) is 1.08. The molecule has 104 valence electrons. The second-order valence-corrected chi connectivity index (χ2v) is 4.78. The fourth-order valence-electron chi connectivity index (χ4n) is 1.48. The Morgan fingerprint density at radius 2 is 2.20 bits per heavy atom. The Hall–Kier alpha value is -2.28. The number of hydrogen-bond acceptors (Lipinski definition) is 6. The zero-order valence-corrected chi connectivity index (χ0v) is 11.7. The molecule has 0 aliphatic carbocycles. The minimum atomic E-state index is -0.145.